The van der Waals surface area contributed by atoms with Crippen LogP contribution in [-0.4, -0.2) is 49.0 Å². The predicted octanol–water partition coefficient (Wildman–Crippen LogP) is 3.46. The van der Waals surface area contributed by atoms with E-state index in [-0.39, 0.29) is 18.2 Å². The van der Waals surface area contributed by atoms with E-state index in [0.29, 0.717) is 6.61 Å². The average Bonchev–Trinajstić information content (AvgIpc) is 2.47. The topological polar surface area (TPSA) is 32.8 Å². The van der Waals surface area contributed by atoms with E-state index in [1.807, 2.05) is 11.8 Å². The first-order chi connectivity index (χ1) is 10.1. The summed E-state index contributed by atoms with van der Waals surface area (Å²) in [6, 6.07) is 8.90. The van der Waals surface area contributed by atoms with E-state index in [0.717, 1.165) is 13.1 Å². The number of piperazine rings is 1. The minimum atomic E-state index is -0.199. The van der Waals surface area contributed by atoms with Crippen LogP contribution < -0.4 is 4.90 Å². The number of carbonyl (C=O) groups is 1. The van der Waals surface area contributed by atoms with Gasteiger partial charge in [-0.1, -0.05) is 0 Å². The summed E-state index contributed by atoms with van der Waals surface area (Å²) >= 11 is 1.75. The Bertz CT molecular complexity index is 466. The average molecular weight is 308 g/mol. The van der Waals surface area contributed by atoms with E-state index in [1.54, 1.807) is 11.8 Å². The Morgan fingerprint density at radius 1 is 1.24 bits per heavy atom. The van der Waals surface area contributed by atoms with Crippen molar-refractivity contribution in [2.24, 2.45) is 0 Å². The number of benzene rings is 1. The van der Waals surface area contributed by atoms with E-state index >= 15 is 0 Å². The summed E-state index contributed by atoms with van der Waals surface area (Å²) in [5, 5.41) is 0. The van der Waals surface area contributed by atoms with Crippen LogP contribution in [-0.2, 0) is 4.74 Å². The standard InChI is InChI=1S/C16H24N2O2S/c1-5-20-16(19)18-12(2)10-17(11-13(18)3)14-6-8-15(21-4)9-7-14/h6-9,12-13H,5,10-11H2,1-4H3. The maximum Gasteiger partial charge on any atom is 0.410 e. The number of nitrogens with zero attached hydrogens (tertiary/aromatic N) is 2. The summed E-state index contributed by atoms with van der Waals surface area (Å²) in [4.78, 5) is 17.5. The van der Waals surface area contributed by atoms with Gasteiger partial charge >= 0.3 is 6.09 Å². The highest BCUT2D eigenvalue weighted by atomic mass is 32.2. The molecule has 0 spiro atoms. The highest BCUT2D eigenvalue weighted by Gasteiger charge is 2.33. The number of hydrogen-bond donors (Lipinski definition) is 0. The molecule has 0 aliphatic carbocycles. The van der Waals surface area contributed by atoms with Crippen LogP contribution in [0, 0.1) is 0 Å². The summed E-state index contributed by atoms with van der Waals surface area (Å²) in [6.45, 7) is 8.10. The Morgan fingerprint density at radius 2 is 1.81 bits per heavy atom. The molecule has 2 unspecified atom stereocenters. The van der Waals surface area contributed by atoms with Crippen LogP contribution in [0.5, 0.6) is 0 Å². The smallest absolute Gasteiger partial charge is 0.410 e. The Morgan fingerprint density at radius 3 is 2.29 bits per heavy atom. The van der Waals surface area contributed by atoms with Crippen LogP contribution in [0.4, 0.5) is 10.5 Å². The monoisotopic (exact) mass is 308 g/mol. The number of anilines is 1. The molecular weight excluding hydrogens is 284 g/mol. The van der Waals surface area contributed by atoms with Crippen LogP contribution >= 0.6 is 11.8 Å². The second-order valence-corrected chi connectivity index (χ2v) is 6.29. The van der Waals surface area contributed by atoms with E-state index in [4.69, 9.17) is 4.74 Å². The Balaban J connectivity index is 2.08. The molecule has 2 atom stereocenters. The summed E-state index contributed by atoms with van der Waals surface area (Å²) in [7, 11) is 0. The number of ether oxygens (including phenoxy) is 1. The molecule has 1 aliphatic heterocycles. The van der Waals surface area contributed by atoms with E-state index < -0.39 is 0 Å². The number of hydrogen-bond acceptors (Lipinski definition) is 4. The van der Waals surface area contributed by atoms with Crippen LogP contribution in [0.3, 0.4) is 0 Å². The van der Waals surface area contributed by atoms with Gasteiger partial charge in [-0.3, -0.25) is 4.90 Å². The fraction of sp³-hybridized carbons (Fsp3) is 0.562. The van der Waals surface area contributed by atoms with Gasteiger partial charge in [0, 0.05) is 23.7 Å². The third-order valence-corrected chi connectivity index (χ3v) is 4.58. The Hall–Kier alpha value is -1.36. The second kappa shape index (κ2) is 7.07. The van der Waals surface area contributed by atoms with Crippen molar-refractivity contribution < 1.29 is 9.53 Å². The molecule has 2 rings (SSSR count). The lowest BCUT2D eigenvalue weighted by Gasteiger charge is -2.44. The largest absolute Gasteiger partial charge is 0.450 e. The minimum Gasteiger partial charge on any atom is -0.450 e. The first-order valence-electron chi connectivity index (χ1n) is 7.41. The molecule has 4 nitrogen and oxygen atoms in total. The van der Waals surface area contributed by atoms with Crippen molar-refractivity contribution in [3.05, 3.63) is 24.3 Å². The molecule has 1 aromatic rings. The van der Waals surface area contributed by atoms with Crippen molar-refractivity contribution in [2.45, 2.75) is 37.8 Å². The van der Waals surface area contributed by atoms with Gasteiger partial charge in [0.2, 0.25) is 0 Å². The fourth-order valence-electron chi connectivity index (χ4n) is 2.88. The molecule has 1 aromatic carbocycles. The molecule has 1 saturated heterocycles. The van der Waals surface area contributed by atoms with Crippen molar-refractivity contribution in [1.29, 1.82) is 0 Å². The van der Waals surface area contributed by atoms with Crippen molar-refractivity contribution in [3.8, 4) is 0 Å². The second-order valence-electron chi connectivity index (χ2n) is 5.41. The van der Waals surface area contributed by atoms with Gasteiger partial charge in [0.15, 0.2) is 0 Å². The fourth-order valence-corrected chi connectivity index (χ4v) is 3.29. The SMILES string of the molecule is CCOC(=O)N1C(C)CN(c2ccc(SC)cc2)CC1C. The lowest BCUT2D eigenvalue weighted by molar-refractivity contribution is 0.0698. The van der Waals surface area contributed by atoms with E-state index in [1.165, 1.54) is 10.6 Å². The maximum atomic E-state index is 12.0. The zero-order chi connectivity index (χ0) is 15.4. The summed E-state index contributed by atoms with van der Waals surface area (Å²) < 4.78 is 5.16. The number of carbonyl (C=O) groups excluding carboxylic acids is 1. The van der Waals surface area contributed by atoms with Gasteiger partial charge in [-0.25, -0.2) is 4.79 Å². The van der Waals surface area contributed by atoms with Gasteiger partial charge in [-0.2, -0.15) is 0 Å². The van der Waals surface area contributed by atoms with Crippen LogP contribution in [0.1, 0.15) is 20.8 Å². The first-order valence-corrected chi connectivity index (χ1v) is 8.63. The lowest BCUT2D eigenvalue weighted by atomic mass is 10.1. The van der Waals surface area contributed by atoms with Gasteiger partial charge in [0.1, 0.15) is 0 Å². The van der Waals surface area contributed by atoms with Crippen molar-refractivity contribution in [2.75, 3.05) is 30.9 Å². The number of rotatable bonds is 3. The van der Waals surface area contributed by atoms with Crippen molar-refractivity contribution in [1.82, 2.24) is 4.90 Å². The molecule has 1 amide bonds. The van der Waals surface area contributed by atoms with E-state index in [2.05, 4.69) is 49.3 Å². The Kier molecular flexibility index (Phi) is 5.39. The molecule has 21 heavy (non-hydrogen) atoms. The zero-order valence-corrected chi connectivity index (χ0v) is 14.0. The van der Waals surface area contributed by atoms with E-state index in [9.17, 15) is 4.79 Å². The molecule has 0 aromatic heterocycles. The predicted molar refractivity (Wildman–Crippen MR) is 88.2 cm³/mol. The molecule has 0 bridgehead atoms. The van der Waals surface area contributed by atoms with Gasteiger partial charge in [-0.05, 0) is 51.3 Å². The molecule has 5 heteroatoms. The third kappa shape index (κ3) is 3.64. The summed E-state index contributed by atoms with van der Waals surface area (Å²) in [5.41, 5.74) is 1.22. The molecule has 0 radical (unpaired) electrons. The summed E-state index contributed by atoms with van der Waals surface area (Å²) in [5.74, 6) is 0. The Labute approximate surface area is 131 Å². The van der Waals surface area contributed by atoms with Gasteiger partial charge < -0.3 is 9.64 Å². The first kappa shape index (κ1) is 16.0. The quantitative estimate of drug-likeness (QED) is 0.801. The highest BCUT2D eigenvalue weighted by molar-refractivity contribution is 7.98. The number of thioether (sulfide) groups is 1. The van der Waals surface area contributed by atoms with Crippen LogP contribution in [0.2, 0.25) is 0 Å². The van der Waals surface area contributed by atoms with Gasteiger partial charge in [0.25, 0.3) is 0 Å². The molecule has 1 heterocycles. The lowest BCUT2D eigenvalue weighted by Crippen LogP contribution is -2.58. The maximum absolute atomic E-state index is 12.0. The van der Waals surface area contributed by atoms with Crippen molar-refractivity contribution in [3.63, 3.8) is 0 Å². The normalized spacial score (nSPS) is 22.3. The molecule has 0 N–H and O–H groups in total. The zero-order valence-electron chi connectivity index (χ0n) is 13.2. The molecule has 116 valence electrons. The van der Waals surface area contributed by atoms with Gasteiger partial charge in [-0.15, -0.1) is 11.8 Å². The van der Waals surface area contributed by atoms with Crippen molar-refractivity contribution >= 4 is 23.5 Å². The third-order valence-electron chi connectivity index (χ3n) is 3.84. The molecule has 1 fully saturated rings. The molecule has 1 aliphatic rings. The molecule has 0 saturated carbocycles. The van der Waals surface area contributed by atoms with Crippen LogP contribution in [0.25, 0.3) is 0 Å². The minimum absolute atomic E-state index is 0.146. The highest BCUT2D eigenvalue weighted by Crippen LogP contribution is 2.25. The number of amides is 1. The van der Waals surface area contributed by atoms with Gasteiger partial charge in [0.05, 0.1) is 18.7 Å². The van der Waals surface area contributed by atoms with Crippen LogP contribution in [0.15, 0.2) is 29.2 Å². The molecular formula is C16H24N2O2S. The summed E-state index contributed by atoms with van der Waals surface area (Å²) in [6.07, 6.45) is 1.88.